The summed E-state index contributed by atoms with van der Waals surface area (Å²) < 4.78 is 0. The molecule has 0 aromatic carbocycles. The van der Waals surface area contributed by atoms with Gasteiger partial charge in [-0.3, -0.25) is 9.80 Å². The van der Waals surface area contributed by atoms with Gasteiger partial charge in [0.05, 0.1) is 0 Å². The minimum absolute atomic E-state index is 0.601. The Hall–Kier alpha value is -0.0800. The van der Waals surface area contributed by atoms with Crippen molar-refractivity contribution in [3.63, 3.8) is 0 Å². The summed E-state index contributed by atoms with van der Waals surface area (Å²) in [6.07, 6.45) is 2.86. The van der Waals surface area contributed by atoms with E-state index in [1.165, 1.54) is 45.6 Å². The van der Waals surface area contributed by atoms with Crippen molar-refractivity contribution in [2.24, 2.45) is 5.92 Å². The minimum atomic E-state index is 0.601. The number of rotatable bonds is 3. The van der Waals surface area contributed by atoms with Crippen LogP contribution in [0.5, 0.6) is 0 Å². The smallest absolute Gasteiger partial charge is 0.0463 e. The molecule has 2 aliphatic heterocycles. The topological polar surface area (TPSA) is 6.48 Å². The molecule has 82 valence electrons. The summed E-state index contributed by atoms with van der Waals surface area (Å²) in [6.45, 7) is 13.5. The van der Waals surface area contributed by atoms with Crippen molar-refractivity contribution in [3.8, 4) is 0 Å². The Morgan fingerprint density at radius 3 is 2.57 bits per heavy atom. The van der Waals surface area contributed by atoms with Gasteiger partial charge >= 0.3 is 0 Å². The van der Waals surface area contributed by atoms with Gasteiger partial charge in [0.1, 0.15) is 0 Å². The highest BCUT2D eigenvalue weighted by Crippen LogP contribution is 2.37. The zero-order valence-corrected chi connectivity index (χ0v) is 9.92. The summed E-state index contributed by atoms with van der Waals surface area (Å²) in [5.74, 6) is 0.823. The molecule has 2 heteroatoms. The Morgan fingerprint density at radius 2 is 2.00 bits per heavy atom. The van der Waals surface area contributed by atoms with Gasteiger partial charge in [-0.25, -0.2) is 0 Å². The molecule has 0 N–H and O–H groups in total. The largest absolute Gasteiger partial charge is 0.299 e. The average Bonchev–Trinajstić information content (AvgIpc) is 2.46. The van der Waals surface area contributed by atoms with E-state index in [9.17, 15) is 0 Å². The Balaban J connectivity index is 1.84. The molecule has 0 bridgehead atoms. The fraction of sp³-hybridized carbons (Fsp3) is 1.00. The van der Waals surface area contributed by atoms with E-state index in [0.29, 0.717) is 5.54 Å². The monoisotopic (exact) mass is 196 g/mol. The van der Waals surface area contributed by atoms with Gasteiger partial charge in [0.15, 0.2) is 0 Å². The highest BCUT2D eigenvalue weighted by molar-refractivity contribution is 5.07. The number of likely N-dealkylation sites (N-methyl/N-ethyl adjacent to an activating group) is 1. The van der Waals surface area contributed by atoms with E-state index in [4.69, 9.17) is 0 Å². The first-order chi connectivity index (χ1) is 6.66. The first-order valence-electron chi connectivity index (χ1n) is 6.14. The number of hydrogen-bond donors (Lipinski definition) is 0. The third-order valence-corrected chi connectivity index (χ3v) is 3.78. The maximum Gasteiger partial charge on any atom is 0.0463 e. The van der Waals surface area contributed by atoms with Crippen LogP contribution in [0.4, 0.5) is 0 Å². The van der Waals surface area contributed by atoms with Gasteiger partial charge in [-0.2, -0.15) is 0 Å². The molecule has 0 saturated carbocycles. The van der Waals surface area contributed by atoms with E-state index in [1.54, 1.807) is 0 Å². The van der Waals surface area contributed by atoms with Crippen molar-refractivity contribution in [2.45, 2.75) is 39.2 Å². The first kappa shape index (κ1) is 10.4. The van der Waals surface area contributed by atoms with E-state index in [1.807, 2.05) is 0 Å². The Bertz CT molecular complexity index is 194. The molecular formula is C12H24N2. The summed E-state index contributed by atoms with van der Waals surface area (Å²) in [5, 5.41) is 0. The van der Waals surface area contributed by atoms with Crippen molar-refractivity contribution in [3.05, 3.63) is 0 Å². The molecule has 2 heterocycles. The summed E-state index contributed by atoms with van der Waals surface area (Å²) in [4.78, 5) is 5.32. The predicted octanol–water partition coefficient (Wildman–Crippen LogP) is 1.81. The normalized spacial score (nSPS) is 27.4. The molecular weight excluding hydrogens is 172 g/mol. The van der Waals surface area contributed by atoms with Crippen molar-refractivity contribution < 1.29 is 0 Å². The van der Waals surface area contributed by atoms with Crippen LogP contribution in [-0.4, -0.2) is 48.1 Å². The standard InChI is InChI=1S/C12H24N2/c1-4-14-7-5-6-12(14)9-13(10-12)8-11(2)3/h11H,4-10H2,1-3H3. The van der Waals surface area contributed by atoms with Gasteiger partial charge in [0, 0.05) is 25.2 Å². The minimum Gasteiger partial charge on any atom is -0.299 e. The van der Waals surface area contributed by atoms with Crippen molar-refractivity contribution in [1.29, 1.82) is 0 Å². The third-order valence-electron chi connectivity index (χ3n) is 3.78. The lowest BCUT2D eigenvalue weighted by Gasteiger charge is -2.53. The quantitative estimate of drug-likeness (QED) is 0.679. The molecule has 0 atom stereocenters. The number of nitrogens with zero attached hydrogens (tertiary/aromatic N) is 2. The van der Waals surface area contributed by atoms with Crippen LogP contribution >= 0.6 is 0 Å². The number of hydrogen-bond acceptors (Lipinski definition) is 2. The number of likely N-dealkylation sites (tertiary alicyclic amines) is 2. The third kappa shape index (κ3) is 1.70. The van der Waals surface area contributed by atoms with E-state index in [-0.39, 0.29) is 0 Å². The molecule has 2 aliphatic rings. The van der Waals surface area contributed by atoms with E-state index in [2.05, 4.69) is 30.6 Å². The molecule has 0 aliphatic carbocycles. The molecule has 0 unspecified atom stereocenters. The second kappa shape index (κ2) is 3.82. The molecule has 0 amide bonds. The lowest BCUT2D eigenvalue weighted by atomic mass is 9.86. The van der Waals surface area contributed by atoms with Gasteiger partial charge in [0.25, 0.3) is 0 Å². The van der Waals surface area contributed by atoms with Crippen LogP contribution in [-0.2, 0) is 0 Å². The van der Waals surface area contributed by atoms with Crippen LogP contribution in [0.25, 0.3) is 0 Å². The van der Waals surface area contributed by atoms with Crippen LogP contribution in [0.15, 0.2) is 0 Å². The fourth-order valence-electron chi connectivity index (χ4n) is 3.28. The van der Waals surface area contributed by atoms with Crippen LogP contribution in [0.3, 0.4) is 0 Å². The molecule has 1 spiro atoms. The summed E-state index contributed by atoms with van der Waals surface area (Å²) in [6, 6.07) is 0. The van der Waals surface area contributed by atoms with Gasteiger partial charge in [-0.05, 0) is 31.8 Å². The maximum absolute atomic E-state index is 2.70. The van der Waals surface area contributed by atoms with Crippen molar-refractivity contribution in [2.75, 3.05) is 32.7 Å². The summed E-state index contributed by atoms with van der Waals surface area (Å²) in [7, 11) is 0. The Kier molecular flexibility index (Phi) is 2.85. The average molecular weight is 196 g/mol. The second-order valence-corrected chi connectivity index (χ2v) is 5.47. The summed E-state index contributed by atoms with van der Waals surface area (Å²) in [5.41, 5.74) is 0.601. The van der Waals surface area contributed by atoms with Gasteiger partial charge in [-0.1, -0.05) is 20.8 Å². The predicted molar refractivity (Wildman–Crippen MR) is 60.5 cm³/mol. The maximum atomic E-state index is 2.70. The van der Waals surface area contributed by atoms with Crippen molar-refractivity contribution >= 4 is 0 Å². The van der Waals surface area contributed by atoms with Crippen LogP contribution in [0.2, 0.25) is 0 Å². The van der Waals surface area contributed by atoms with Gasteiger partial charge in [-0.15, -0.1) is 0 Å². The van der Waals surface area contributed by atoms with E-state index in [0.717, 1.165) is 5.92 Å². The lowest BCUT2D eigenvalue weighted by molar-refractivity contribution is -0.0322. The molecule has 2 rings (SSSR count). The molecule has 2 fully saturated rings. The lowest BCUT2D eigenvalue weighted by Crippen LogP contribution is -2.67. The Labute approximate surface area is 88.3 Å². The zero-order chi connectivity index (χ0) is 10.2. The summed E-state index contributed by atoms with van der Waals surface area (Å²) >= 11 is 0. The zero-order valence-electron chi connectivity index (χ0n) is 9.92. The van der Waals surface area contributed by atoms with Gasteiger partial charge < -0.3 is 0 Å². The van der Waals surface area contributed by atoms with Crippen LogP contribution < -0.4 is 0 Å². The second-order valence-electron chi connectivity index (χ2n) is 5.47. The Morgan fingerprint density at radius 1 is 1.29 bits per heavy atom. The van der Waals surface area contributed by atoms with Crippen LogP contribution in [0.1, 0.15) is 33.6 Å². The molecule has 2 saturated heterocycles. The molecule has 0 aromatic heterocycles. The molecule has 0 radical (unpaired) electrons. The van der Waals surface area contributed by atoms with Gasteiger partial charge in [0.2, 0.25) is 0 Å². The molecule has 2 nitrogen and oxygen atoms in total. The molecule has 14 heavy (non-hydrogen) atoms. The van der Waals surface area contributed by atoms with Crippen LogP contribution in [0, 0.1) is 5.92 Å². The van der Waals surface area contributed by atoms with E-state index < -0.39 is 0 Å². The SMILES string of the molecule is CCN1CCCC12CN(CC(C)C)C2. The van der Waals surface area contributed by atoms with Crippen molar-refractivity contribution in [1.82, 2.24) is 9.80 Å². The highest BCUT2D eigenvalue weighted by Gasteiger charge is 2.48. The van der Waals surface area contributed by atoms with E-state index >= 15 is 0 Å². The highest BCUT2D eigenvalue weighted by atomic mass is 15.4. The fourth-order valence-corrected chi connectivity index (χ4v) is 3.28. The first-order valence-corrected chi connectivity index (χ1v) is 6.14. The molecule has 0 aromatic rings.